The minimum atomic E-state index is -0.332. The molecule has 22 heavy (non-hydrogen) atoms. The summed E-state index contributed by atoms with van der Waals surface area (Å²) in [6.07, 6.45) is 2.85. The predicted octanol–water partition coefficient (Wildman–Crippen LogP) is 1.95. The highest BCUT2D eigenvalue weighted by atomic mass is 19.1. The van der Waals surface area contributed by atoms with Crippen molar-refractivity contribution in [2.45, 2.75) is 19.3 Å². The Morgan fingerprint density at radius 2 is 1.82 bits per heavy atom. The fraction of sp³-hybridized carbons (Fsp3) is 0.529. The molecule has 0 aromatic heterocycles. The smallest absolute Gasteiger partial charge is 0.236 e. The molecule has 0 N–H and O–H groups in total. The first-order valence-corrected chi connectivity index (χ1v) is 7.93. The number of carbonyl (C=O) groups is 2. The number of hydrogen-bond donors (Lipinski definition) is 0. The van der Waals surface area contributed by atoms with E-state index in [-0.39, 0.29) is 23.4 Å². The molecule has 1 unspecified atom stereocenters. The van der Waals surface area contributed by atoms with Gasteiger partial charge in [-0.3, -0.25) is 14.5 Å². The number of amides is 1. The Labute approximate surface area is 129 Å². The fourth-order valence-corrected chi connectivity index (χ4v) is 3.12. The van der Waals surface area contributed by atoms with Gasteiger partial charge in [0.2, 0.25) is 5.91 Å². The molecule has 1 aromatic carbocycles. The van der Waals surface area contributed by atoms with Crippen LogP contribution in [0.5, 0.6) is 0 Å². The van der Waals surface area contributed by atoms with Crippen molar-refractivity contribution in [1.29, 1.82) is 0 Å². The minimum Gasteiger partial charge on any atom is -0.341 e. The Balaban J connectivity index is 1.58. The van der Waals surface area contributed by atoms with Gasteiger partial charge in [-0.2, -0.15) is 0 Å². The molecule has 2 saturated heterocycles. The monoisotopic (exact) mass is 304 g/mol. The van der Waals surface area contributed by atoms with Crippen LogP contribution in [-0.2, 0) is 4.79 Å². The largest absolute Gasteiger partial charge is 0.341 e. The van der Waals surface area contributed by atoms with E-state index in [9.17, 15) is 14.0 Å². The summed E-state index contributed by atoms with van der Waals surface area (Å²) >= 11 is 0. The number of benzene rings is 1. The minimum absolute atomic E-state index is 0.0566. The van der Waals surface area contributed by atoms with Gasteiger partial charge >= 0.3 is 0 Å². The first kappa shape index (κ1) is 15.2. The maximum Gasteiger partial charge on any atom is 0.236 e. The van der Waals surface area contributed by atoms with Gasteiger partial charge in [-0.15, -0.1) is 0 Å². The zero-order valence-corrected chi connectivity index (χ0v) is 12.6. The summed E-state index contributed by atoms with van der Waals surface area (Å²) in [6, 6.07) is 5.73. The Morgan fingerprint density at radius 3 is 2.45 bits per heavy atom. The van der Waals surface area contributed by atoms with Crippen LogP contribution in [0.2, 0.25) is 0 Å². The lowest BCUT2D eigenvalue weighted by Gasteiger charge is -2.36. The van der Waals surface area contributed by atoms with Crippen LogP contribution in [0.15, 0.2) is 24.3 Å². The van der Waals surface area contributed by atoms with Crippen molar-refractivity contribution in [2.24, 2.45) is 5.92 Å². The lowest BCUT2D eigenvalue weighted by Crippen LogP contribution is -2.49. The second-order valence-electron chi connectivity index (χ2n) is 6.18. The number of likely N-dealkylation sites (tertiary alicyclic amines) is 2. The van der Waals surface area contributed by atoms with Crippen LogP contribution in [0.1, 0.15) is 29.6 Å². The summed E-state index contributed by atoms with van der Waals surface area (Å²) in [5.41, 5.74) is 0.558. The summed E-state index contributed by atoms with van der Waals surface area (Å²) in [5.74, 6) is -0.201. The molecule has 118 valence electrons. The van der Waals surface area contributed by atoms with Gasteiger partial charge in [0.15, 0.2) is 5.78 Å². The molecule has 1 amide bonds. The number of ketones is 1. The van der Waals surface area contributed by atoms with E-state index in [2.05, 4.69) is 4.90 Å². The van der Waals surface area contributed by atoms with Gasteiger partial charge in [0.05, 0.1) is 6.54 Å². The van der Waals surface area contributed by atoms with Crippen LogP contribution < -0.4 is 0 Å². The van der Waals surface area contributed by atoms with Gasteiger partial charge in [0, 0.05) is 31.1 Å². The van der Waals surface area contributed by atoms with E-state index in [1.54, 1.807) is 12.1 Å². The second kappa shape index (κ2) is 6.57. The summed E-state index contributed by atoms with van der Waals surface area (Å²) < 4.78 is 13.0. The third kappa shape index (κ3) is 3.35. The summed E-state index contributed by atoms with van der Waals surface area (Å²) in [5, 5.41) is 0. The highest BCUT2D eigenvalue weighted by Gasteiger charge is 2.29. The molecule has 3 rings (SSSR count). The highest BCUT2D eigenvalue weighted by molar-refractivity contribution is 5.98. The van der Waals surface area contributed by atoms with Crippen LogP contribution in [0.25, 0.3) is 0 Å². The normalized spacial score (nSPS) is 22.2. The third-order valence-corrected chi connectivity index (χ3v) is 4.57. The average molecular weight is 304 g/mol. The number of Topliss-reactive ketones (excluding diaryl/α,β-unsaturated/α-hetero) is 1. The number of hydrogen-bond acceptors (Lipinski definition) is 3. The van der Waals surface area contributed by atoms with Crippen molar-refractivity contribution in [3.05, 3.63) is 35.6 Å². The number of piperidine rings is 1. The quantitative estimate of drug-likeness (QED) is 0.798. The zero-order valence-electron chi connectivity index (χ0n) is 12.6. The summed E-state index contributed by atoms with van der Waals surface area (Å²) in [7, 11) is 0. The van der Waals surface area contributed by atoms with Crippen molar-refractivity contribution in [1.82, 2.24) is 9.80 Å². The van der Waals surface area contributed by atoms with E-state index in [1.807, 2.05) is 4.90 Å². The Morgan fingerprint density at radius 1 is 1.09 bits per heavy atom. The first-order chi connectivity index (χ1) is 10.6. The molecule has 2 heterocycles. The molecule has 4 nitrogen and oxygen atoms in total. The van der Waals surface area contributed by atoms with E-state index in [0.717, 1.165) is 38.9 Å². The van der Waals surface area contributed by atoms with Crippen molar-refractivity contribution >= 4 is 11.7 Å². The molecule has 5 heteroatoms. The van der Waals surface area contributed by atoms with Crippen LogP contribution in [-0.4, -0.2) is 54.2 Å². The Hall–Kier alpha value is -1.75. The summed E-state index contributed by atoms with van der Waals surface area (Å²) in [4.78, 5) is 28.5. The number of carbonyl (C=O) groups excluding carboxylic acids is 2. The molecule has 0 saturated carbocycles. The number of rotatable bonds is 4. The van der Waals surface area contributed by atoms with Crippen molar-refractivity contribution in [3.63, 3.8) is 0 Å². The van der Waals surface area contributed by atoms with Crippen molar-refractivity contribution in [2.75, 3.05) is 32.7 Å². The average Bonchev–Trinajstić information content (AvgIpc) is 2.45. The molecule has 1 aromatic rings. The van der Waals surface area contributed by atoms with E-state index < -0.39 is 0 Å². The molecule has 2 aliphatic heterocycles. The first-order valence-electron chi connectivity index (χ1n) is 7.93. The number of nitrogens with zero attached hydrogens (tertiary/aromatic N) is 2. The van der Waals surface area contributed by atoms with Gasteiger partial charge < -0.3 is 4.90 Å². The molecular formula is C17H21FN2O2. The lowest BCUT2D eigenvalue weighted by molar-refractivity contribution is -0.136. The molecule has 0 bridgehead atoms. The molecule has 2 fully saturated rings. The second-order valence-corrected chi connectivity index (χ2v) is 6.18. The van der Waals surface area contributed by atoms with Crippen LogP contribution in [0.4, 0.5) is 4.39 Å². The van der Waals surface area contributed by atoms with Gasteiger partial charge in [-0.1, -0.05) is 0 Å². The highest BCUT2D eigenvalue weighted by Crippen LogP contribution is 2.21. The topological polar surface area (TPSA) is 40.6 Å². The van der Waals surface area contributed by atoms with E-state index >= 15 is 0 Å². The van der Waals surface area contributed by atoms with Crippen molar-refractivity contribution < 1.29 is 14.0 Å². The Bertz CT molecular complexity index is 554. The molecule has 0 aliphatic carbocycles. The number of halogens is 1. The summed E-state index contributed by atoms with van der Waals surface area (Å²) in [6.45, 7) is 3.63. The predicted molar refractivity (Wildman–Crippen MR) is 81.1 cm³/mol. The lowest BCUT2D eigenvalue weighted by atomic mass is 9.90. The standard InChI is InChI=1S/C17H21FN2O2/c18-15-6-4-13(5-7-15)17(22)14-3-1-8-19(11-14)12-16(21)20-9-2-10-20/h4-7,14H,1-3,8-12H2. The SMILES string of the molecule is O=C(c1ccc(F)cc1)C1CCCN(CC(=O)N2CCC2)C1. The van der Waals surface area contributed by atoms with Gasteiger partial charge in [0.25, 0.3) is 0 Å². The van der Waals surface area contributed by atoms with Gasteiger partial charge in [-0.25, -0.2) is 4.39 Å². The maximum atomic E-state index is 13.0. The van der Waals surface area contributed by atoms with Crippen LogP contribution in [0, 0.1) is 11.7 Å². The molecule has 1 atom stereocenters. The van der Waals surface area contributed by atoms with Gasteiger partial charge in [0.1, 0.15) is 5.82 Å². The van der Waals surface area contributed by atoms with Crippen LogP contribution >= 0.6 is 0 Å². The van der Waals surface area contributed by atoms with Crippen LogP contribution in [0.3, 0.4) is 0 Å². The maximum absolute atomic E-state index is 13.0. The zero-order chi connectivity index (χ0) is 15.5. The molecule has 0 radical (unpaired) electrons. The van der Waals surface area contributed by atoms with Gasteiger partial charge in [-0.05, 0) is 50.1 Å². The molecule has 2 aliphatic rings. The van der Waals surface area contributed by atoms with E-state index in [4.69, 9.17) is 0 Å². The van der Waals surface area contributed by atoms with E-state index in [0.29, 0.717) is 18.7 Å². The fourth-order valence-electron chi connectivity index (χ4n) is 3.12. The molecule has 0 spiro atoms. The Kier molecular flexibility index (Phi) is 4.52. The molecular weight excluding hydrogens is 283 g/mol. The van der Waals surface area contributed by atoms with E-state index in [1.165, 1.54) is 12.1 Å². The third-order valence-electron chi connectivity index (χ3n) is 4.57. The van der Waals surface area contributed by atoms with Crippen molar-refractivity contribution in [3.8, 4) is 0 Å².